The summed E-state index contributed by atoms with van der Waals surface area (Å²) in [6.07, 6.45) is 0. The predicted molar refractivity (Wildman–Crippen MR) is 95.5 cm³/mol. The molecule has 2 aromatic carbocycles. The molecule has 0 bridgehead atoms. The number of carboxylic acid groups (broad SMARTS) is 1. The van der Waals surface area contributed by atoms with Gasteiger partial charge in [0.05, 0.1) is 11.5 Å². The average Bonchev–Trinajstić information content (AvgIpc) is 2.53. The Labute approximate surface area is 149 Å². The molecule has 4 N–H and O–H groups in total. The zero-order valence-corrected chi connectivity index (χ0v) is 14.2. The smallest absolute Gasteiger partial charge is 0.208 e. The summed E-state index contributed by atoms with van der Waals surface area (Å²) in [5, 5.41) is 17.6. The molecule has 7 heteroatoms. The highest BCUT2D eigenvalue weighted by Crippen LogP contribution is 2.30. The topological polar surface area (TPSA) is 118 Å². The summed E-state index contributed by atoms with van der Waals surface area (Å²) in [6, 6.07) is 15.2. The van der Waals surface area contributed by atoms with Crippen molar-refractivity contribution in [1.82, 2.24) is 4.98 Å². The first-order valence-corrected chi connectivity index (χ1v) is 7.23. The first-order valence-electron chi connectivity index (χ1n) is 7.23. The zero-order chi connectivity index (χ0) is 17.3. The Balaban J connectivity index is 0.000000411. The number of nitrogen functional groups attached to an aromatic ring is 1. The standard InChI is InChI=1S/C16H11N3O.C2H4O2.ClH/c17-9-5-6-13-14(7-9)20-15-8-12(18)10-3-1-2-4-11(10)16(15)19-13;1-2(3)4;/h1-8,18H,17H2;1H3,(H,3,4);1H. The zero-order valence-electron chi connectivity index (χ0n) is 13.4. The van der Waals surface area contributed by atoms with E-state index in [0.29, 0.717) is 22.4 Å². The second-order valence-electron chi connectivity index (χ2n) is 5.29. The molecule has 0 radical (unpaired) electrons. The molecule has 2 aliphatic rings. The van der Waals surface area contributed by atoms with E-state index in [-0.39, 0.29) is 12.4 Å². The fraction of sp³-hybridized carbons (Fsp3) is 0.0556. The maximum Gasteiger partial charge on any atom is 0.208 e. The normalized spacial score (nSPS) is 10.1. The van der Waals surface area contributed by atoms with Gasteiger partial charge in [0.2, 0.25) is 5.36 Å². The predicted octanol–water partition coefficient (Wildman–Crippen LogP) is 0.506. The number of carbonyl (C=O) groups excluding carboxylic acids is 1. The van der Waals surface area contributed by atoms with E-state index in [4.69, 9.17) is 25.5 Å². The number of hydrogen-bond acceptors (Lipinski definition) is 5. The number of fused-ring (bicyclic) bond motifs is 4. The number of hydrogen-bond donors (Lipinski definition) is 2. The van der Waals surface area contributed by atoms with Crippen LogP contribution in [0.25, 0.3) is 33.3 Å². The fourth-order valence-electron chi connectivity index (χ4n) is 2.50. The number of halogens is 1. The molecule has 0 saturated heterocycles. The third kappa shape index (κ3) is 3.70. The molecule has 1 aliphatic heterocycles. The highest BCUT2D eigenvalue weighted by molar-refractivity contribution is 5.96. The van der Waals surface area contributed by atoms with Crippen LogP contribution in [0.3, 0.4) is 0 Å². The highest BCUT2D eigenvalue weighted by Gasteiger charge is 2.15. The molecule has 128 valence electrons. The van der Waals surface area contributed by atoms with Gasteiger partial charge in [-0.2, -0.15) is 0 Å². The molecule has 2 aromatic rings. The summed E-state index contributed by atoms with van der Waals surface area (Å²) in [6.45, 7) is 0.972. The van der Waals surface area contributed by atoms with Crippen molar-refractivity contribution in [2.75, 3.05) is 5.73 Å². The first-order chi connectivity index (χ1) is 11.5. The highest BCUT2D eigenvalue weighted by atomic mass is 35.5. The van der Waals surface area contributed by atoms with Crippen molar-refractivity contribution in [2.45, 2.75) is 6.92 Å². The molecule has 25 heavy (non-hydrogen) atoms. The number of nitrogens with two attached hydrogens (primary N) is 2. The lowest BCUT2D eigenvalue weighted by molar-refractivity contribution is -0.302. The van der Waals surface area contributed by atoms with Gasteiger partial charge in [-0.15, -0.1) is 12.4 Å². The van der Waals surface area contributed by atoms with Crippen LogP contribution in [0.5, 0.6) is 0 Å². The minimum absolute atomic E-state index is 0. The third-order valence-corrected chi connectivity index (χ3v) is 3.45. The number of aromatic nitrogens is 1. The van der Waals surface area contributed by atoms with Crippen molar-refractivity contribution in [3.05, 3.63) is 53.9 Å². The monoisotopic (exact) mass is 357 g/mol. The van der Waals surface area contributed by atoms with E-state index in [0.717, 1.165) is 28.9 Å². The van der Waals surface area contributed by atoms with Crippen molar-refractivity contribution >= 4 is 45.9 Å². The van der Waals surface area contributed by atoms with Crippen LogP contribution >= 0.6 is 12.4 Å². The van der Waals surface area contributed by atoms with Gasteiger partial charge in [0.1, 0.15) is 11.2 Å². The van der Waals surface area contributed by atoms with Crippen molar-refractivity contribution in [3.8, 4) is 11.5 Å². The number of nitrogens with zero attached hydrogens (tertiary/aromatic N) is 1. The van der Waals surface area contributed by atoms with E-state index in [1.807, 2.05) is 42.5 Å². The van der Waals surface area contributed by atoms with Crippen LogP contribution in [0.1, 0.15) is 6.92 Å². The third-order valence-electron chi connectivity index (χ3n) is 3.45. The van der Waals surface area contributed by atoms with Crippen LogP contribution in [0.4, 0.5) is 5.69 Å². The molecule has 1 aliphatic carbocycles. The Bertz CT molecular complexity index is 1090. The number of carbonyl (C=O) groups is 1. The van der Waals surface area contributed by atoms with Gasteiger partial charge in [-0.1, -0.05) is 18.2 Å². The SMILES string of the molecule is CC(=O)[O-].Cl.Nc1ccc2nc3c4ccccc4c(=[NH2+])cc-3oc2c1. The lowest BCUT2D eigenvalue weighted by Crippen LogP contribution is -2.45. The summed E-state index contributed by atoms with van der Waals surface area (Å²) >= 11 is 0. The Kier molecular flexibility index (Phi) is 5.24. The summed E-state index contributed by atoms with van der Waals surface area (Å²) in [5.41, 5.74) is 8.68. The second kappa shape index (κ2) is 7.19. The molecule has 0 unspecified atom stereocenters. The van der Waals surface area contributed by atoms with Crippen molar-refractivity contribution in [1.29, 1.82) is 0 Å². The molecule has 0 aromatic heterocycles. The van der Waals surface area contributed by atoms with Gasteiger partial charge in [0.25, 0.3) is 0 Å². The van der Waals surface area contributed by atoms with Gasteiger partial charge in [-0.25, -0.2) is 4.98 Å². The van der Waals surface area contributed by atoms with Crippen molar-refractivity contribution < 1.29 is 19.7 Å². The average molecular weight is 358 g/mol. The Hall–Kier alpha value is -3.12. The van der Waals surface area contributed by atoms with Crippen LogP contribution in [-0.2, 0) is 4.79 Å². The quantitative estimate of drug-likeness (QED) is 0.270. The Morgan fingerprint density at radius 2 is 1.80 bits per heavy atom. The van der Waals surface area contributed by atoms with Gasteiger partial charge in [0, 0.05) is 23.1 Å². The fourth-order valence-corrected chi connectivity index (χ4v) is 2.50. The van der Waals surface area contributed by atoms with E-state index in [9.17, 15) is 0 Å². The molecule has 6 nitrogen and oxygen atoms in total. The minimum Gasteiger partial charge on any atom is -0.550 e. The number of aliphatic carboxylic acids is 1. The first kappa shape index (κ1) is 18.2. The second-order valence-corrected chi connectivity index (χ2v) is 5.29. The van der Waals surface area contributed by atoms with Crippen LogP contribution in [0.15, 0.2) is 52.9 Å². The van der Waals surface area contributed by atoms with E-state index in [1.54, 1.807) is 6.07 Å². The maximum absolute atomic E-state index is 8.89. The minimum atomic E-state index is -1.08. The summed E-state index contributed by atoms with van der Waals surface area (Å²) in [7, 11) is 0. The number of anilines is 1. The summed E-state index contributed by atoms with van der Waals surface area (Å²) in [4.78, 5) is 13.6. The summed E-state index contributed by atoms with van der Waals surface area (Å²) in [5.74, 6) is -0.417. The number of carboxylic acids is 1. The molecule has 0 saturated carbocycles. The lowest BCUT2D eigenvalue weighted by atomic mass is 10.0. The molecule has 0 amide bonds. The van der Waals surface area contributed by atoms with Crippen LogP contribution in [0, 0.1) is 0 Å². The molecule has 0 atom stereocenters. The van der Waals surface area contributed by atoms with Gasteiger partial charge in [-0.05, 0) is 25.1 Å². The van der Waals surface area contributed by atoms with Gasteiger partial charge in [0.15, 0.2) is 11.3 Å². The Morgan fingerprint density at radius 3 is 2.48 bits per heavy atom. The lowest BCUT2D eigenvalue weighted by Gasteiger charge is -2.08. The molecule has 4 rings (SSSR count). The molecular formula is C18H16ClN3O3. The Morgan fingerprint density at radius 1 is 1.16 bits per heavy atom. The van der Waals surface area contributed by atoms with Gasteiger partial charge < -0.3 is 20.1 Å². The van der Waals surface area contributed by atoms with Crippen molar-refractivity contribution in [3.63, 3.8) is 0 Å². The van der Waals surface area contributed by atoms with Crippen LogP contribution in [-0.4, -0.2) is 11.0 Å². The van der Waals surface area contributed by atoms with Gasteiger partial charge >= 0.3 is 0 Å². The van der Waals surface area contributed by atoms with Crippen LogP contribution in [0.2, 0.25) is 0 Å². The van der Waals surface area contributed by atoms with Crippen LogP contribution < -0.4 is 21.6 Å². The van der Waals surface area contributed by atoms with E-state index in [1.165, 1.54) is 0 Å². The van der Waals surface area contributed by atoms with Crippen molar-refractivity contribution in [2.24, 2.45) is 0 Å². The number of rotatable bonds is 0. The molecule has 0 spiro atoms. The molecule has 0 fully saturated rings. The van der Waals surface area contributed by atoms with Gasteiger partial charge in [-0.3, -0.25) is 5.41 Å². The van der Waals surface area contributed by atoms with E-state index in [2.05, 4.69) is 4.98 Å². The number of benzene rings is 3. The van der Waals surface area contributed by atoms with E-state index >= 15 is 0 Å². The molecule has 1 heterocycles. The van der Waals surface area contributed by atoms with E-state index < -0.39 is 5.97 Å². The maximum atomic E-state index is 8.89. The summed E-state index contributed by atoms with van der Waals surface area (Å²) < 4.78 is 5.89. The molecular weight excluding hydrogens is 342 g/mol. The largest absolute Gasteiger partial charge is 0.550 e.